The summed E-state index contributed by atoms with van der Waals surface area (Å²) in [7, 11) is 0. The van der Waals surface area contributed by atoms with E-state index in [1.807, 2.05) is 0 Å². The van der Waals surface area contributed by atoms with Gasteiger partial charge in [0.15, 0.2) is 0 Å². The molecule has 0 aliphatic carbocycles. The lowest BCUT2D eigenvalue weighted by Crippen LogP contribution is -2.33. The summed E-state index contributed by atoms with van der Waals surface area (Å²) in [6.07, 6.45) is -0.619. The summed E-state index contributed by atoms with van der Waals surface area (Å²) in [5.74, 6) is -0.831. The maximum Gasteiger partial charge on any atom is 0.412 e. The molecule has 0 radical (unpaired) electrons. The van der Waals surface area contributed by atoms with E-state index in [9.17, 15) is 14.4 Å². The number of rotatable bonds is 5. The van der Waals surface area contributed by atoms with Gasteiger partial charge in [-0.25, -0.2) is 4.79 Å². The minimum Gasteiger partial charge on any atom is -0.444 e. The van der Waals surface area contributed by atoms with Crippen LogP contribution in [0.5, 0.6) is 0 Å². The first-order valence-electron chi connectivity index (χ1n) is 8.98. The van der Waals surface area contributed by atoms with Gasteiger partial charge in [-0.3, -0.25) is 14.9 Å². The highest BCUT2D eigenvalue weighted by Gasteiger charge is 2.17. The minimum atomic E-state index is -0.631. The molecule has 3 N–H and O–H groups in total. The summed E-state index contributed by atoms with van der Waals surface area (Å²) in [6.45, 7) is 6.85. The number of carbonyl (C=O) groups excluding carboxylic acids is 3. The number of carbonyl (C=O) groups is 3. The van der Waals surface area contributed by atoms with Crippen LogP contribution in [0, 0.1) is 6.92 Å². The van der Waals surface area contributed by atoms with Crippen molar-refractivity contribution >= 4 is 40.9 Å². The molecule has 0 unspecified atom stereocenters. The molecule has 29 heavy (non-hydrogen) atoms. The van der Waals surface area contributed by atoms with Crippen molar-refractivity contribution in [3.63, 3.8) is 0 Å². The Bertz CT molecular complexity index is 922. The highest BCUT2D eigenvalue weighted by Crippen LogP contribution is 2.22. The van der Waals surface area contributed by atoms with Crippen LogP contribution >= 0.6 is 11.6 Å². The summed E-state index contributed by atoms with van der Waals surface area (Å²) in [6, 6.07) is 11.5. The van der Waals surface area contributed by atoms with Crippen LogP contribution in [0.3, 0.4) is 0 Å². The second-order valence-electron chi connectivity index (χ2n) is 7.35. The van der Waals surface area contributed by atoms with E-state index < -0.39 is 17.6 Å². The summed E-state index contributed by atoms with van der Waals surface area (Å²) in [5, 5.41) is 8.36. The third-order valence-electron chi connectivity index (χ3n) is 3.72. The lowest BCUT2D eigenvalue weighted by atomic mass is 10.2. The van der Waals surface area contributed by atoms with Gasteiger partial charge in [0.05, 0.1) is 6.54 Å². The van der Waals surface area contributed by atoms with E-state index in [2.05, 4.69) is 16.0 Å². The summed E-state index contributed by atoms with van der Waals surface area (Å²) >= 11 is 6.03. The normalized spacial score (nSPS) is 10.8. The molecule has 0 saturated carbocycles. The second-order valence-corrected chi connectivity index (χ2v) is 7.76. The molecule has 2 rings (SSSR count). The molecule has 8 heteroatoms. The average Bonchev–Trinajstić information content (AvgIpc) is 2.62. The SMILES string of the molecule is Cc1c(Cl)cccc1NC(=O)CNC(=O)c1cccc(NC(=O)OC(C)(C)C)c1. The Labute approximate surface area is 174 Å². The molecule has 0 bridgehead atoms. The minimum absolute atomic E-state index is 0.214. The van der Waals surface area contributed by atoms with Crippen molar-refractivity contribution in [1.29, 1.82) is 0 Å². The topological polar surface area (TPSA) is 96.5 Å². The number of halogens is 1. The predicted molar refractivity (Wildman–Crippen MR) is 113 cm³/mol. The van der Waals surface area contributed by atoms with Crippen molar-refractivity contribution in [3.05, 3.63) is 58.6 Å². The van der Waals surface area contributed by atoms with Crippen molar-refractivity contribution in [2.24, 2.45) is 0 Å². The maximum atomic E-state index is 12.3. The Morgan fingerprint density at radius 2 is 1.72 bits per heavy atom. The number of hydrogen-bond acceptors (Lipinski definition) is 4. The Kier molecular flexibility index (Phi) is 7.23. The smallest absolute Gasteiger partial charge is 0.412 e. The molecule has 0 heterocycles. The van der Waals surface area contributed by atoms with Crippen LogP contribution < -0.4 is 16.0 Å². The fourth-order valence-corrected chi connectivity index (χ4v) is 2.53. The number of ether oxygens (including phenoxy) is 1. The van der Waals surface area contributed by atoms with Crippen LogP contribution in [0.4, 0.5) is 16.2 Å². The fraction of sp³-hybridized carbons (Fsp3) is 0.286. The standard InChI is InChI=1S/C21H24ClN3O4/c1-13-16(22)9-6-10-17(13)25-18(26)12-23-19(27)14-7-5-8-15(11-14)24-20(28)29-21(2,3)4/h5-11H,12H2,1-4H3,(H,23,27)(H,24,28)(H,25,26). The molecule has 0 aliphatic heterocycles. The van der Waals surface area contributed by atoms with E-state index in [0.717, 1.165) is 5.56 Å². The number of anilines is 2. The van der Waals surface area contributed by atoms with Gasteiger partial charge in [-0.05, 0) is 63.6 Å². The van der Waals surface area contributed by atoms with Crippen molar-refractivity contribution in [2.45, 2.75) is 33.3 Å². The van der Waals surface area contributed by atoms with Gasteiger partial charge >= 0.3 is 6.09 Å². The van der Waals surface area contributed by atoms with E-state index >= 15 is 0 Å². The number of nitrogens with one attached hydrogen (secondary N) is 3. The third kappa shape index (κ3) is 7.12. The molecule has 2 aromatic rings. The van der Waals surface area contributed by atoms with Crippen LogP contribution in [0.2, 0.25) is 5.02 Å². The molecule has 0 atom stereocenters. The number of amides is 3. The Hall–Kier alpha value is -3.06. The molecule has 154 valence electrons. The van der Waals surface area contributed by atoms with Gasteiger partial charge in [0.2, 0.25) is 5.91 Å². The Morgan fingerprint density at radius 3 is 2.41 bits per heavy atom. The van der Waals surface area contributed by atoms with Crippen LogP contribution in [0.25, 0.3) is 0 Å². The molecule has 0 aromatic heterocycles. The Morgan fingerprint density at radius 1 is 1.03 bits per heavy atom. The molecule has 2 aromatic carbocycles. The Balaban J connectivity index is 1.93. The molecule has 0 aliphatic rings. The van der Waals surface area contributed by atoms with E-state index in [4.69, 9.17) is 16.3 Å². The molecule has 0 saturated heterocycles. The van der Waals surface area contributed by atoms with Gasteiger partial charge < -0.3 is 15.4 Å². The first-order chi connectivity index (χ1) is 13.5. The second kappa shape index (κ2) is 9.43. The van der Waals surface area contributed by atoms with Crippen LogP contribution in [0.15, 0.2) is 42.5 Å². The van der Waals surface area contributed by atoms with Crippen molar-refractivity contribution < 1.29 is 19.1 Å². The van der Waals surface area contributed by atoms with Crippen molar-refractivity contribution in [1.82, 2.24) is 5.32 Å². The molecular weight excluding hydrogens is 394 g/mol. The summed E-state index contributed by atoms with van der Waals surface area (Å²) < 4.78 is 5.18. The zero-order valence-electron chi connectivity index (χ0n) is 16.8. The van der Waals surface area contributed by atoms with Crippen LogP contribution in [-0.4, -0.2) is 30.1 Å². The maximum absolute atomic E-state index is 12.3. The van der Waals surface area contributed by atoms with Gasteiger partial charge in [0.25, 0.3) is 5.91 Å². The van der Waals surface area contributed by atoms with Crippen molar-refractivity contribution in [2.75, 3.05) is 17.2 Å². The number of benzene rings is 2. The van der Waals surface area contributed by atoms with E-state index in [1.54, 1.807) is 64.1 Å². The van der Waals surface area contributed by atoms with E-state index in [-0.39, 0.29) is 12.5 Å². The average molecular weight is 418 g/mol. The summed E-state index contributed by atoms with van der Waals surface area (Å²) in [4.78, 5) is 36.3. The lowest BCUT2D eigenvalue weighted by molar-refractivity contribution is -0.115. The van der Waals surface area contributed by atoms with E-state index in [1.165, 1.54) is 6.07 Å². The first-order valence-corrected chi connectivity index (χ1v) is 9.36. The molecule has 7 nitrogen and oxygen atoms in total. The molecule has 3 amide bonds. The quantitative estimate of drug-likeness (QED) is 0.673. The van der Waals surface area contributed by atoms with Gasteiger partial charge in [-0.2, -0.15) is 0 Å². The zero-order valence-corrected chi connectivity index (χ0v) is 17.5. The van der Waals surface area contributed by atoms with Gasteiger partial charge in [0.1, 0.15) is 5.60 Å². The lowest BCUT2D eigenvalue weighted by Gasteiger charge is -2.19. The van der Waals surface area contributed by atoms with Crippen molar-refractivity contribution in [3.8, 4) is 0 Å². The molecule has 0 fully saturated rings. The molecular formula is C21H24ClN3O4. The van der Waals surface area contributed by atoms with Crippen LogP contribution in [0.1, 0.15) is 36.7 Å². The van der Waals surface area contributed by atoms with Gasteiger partial charge in [0, 0.05) is 22.0 Å². The highest BCUT2D eigenvalue weighted by atomic mass is 35.5. The van der Waals surface area contributed by atoms with Crippen LogP contribution in [-0.2, 0) is 9.53 Å². The largest absolute Gasteiger partial charge is 0.444 e. The van der Waals surface area contributed by atoms with Gasteiger partial charge in [-0.1, -0.05) is 23.7 Å². The van der Waals surface area contributed by atoms with E-state index in [0.29, 0.717) is 22.0 Å². The number of hydrogen-bond donors (Lipinski definition) is 3. The first kappa shape index (κ1) is 22.2. The third-order valence-corrected chi connectivity index (χ3v) is 4.13. The highest BCUT2D eigenvalue weighted by molar-refractivity contribution is 6.31. The zero-order chi connectivity index (χ0) is 21.6. The predicted octanol–water partition coefficient (Wildman–Crippen LogP) is 4.36. The fourth-order valence-electron chi connectivity index (χ4n) is 2.36. The summed E-state index contributed by atoms with van der Waals surface area (Å²) in [5.41, 5.74) is 1.40. The molecule has 0 spiro atoms. The van der Waals surface area contributed by atoms with Gasteiger partial charge in [-0.15, -0.1) is 0 Å². The monoisotopic (exact) mass is 417 g/mol.